The number of amides is 1. The highest BCUT2D eigenvalue weighted by Crippen LogP contribution is 2.26. The number of aliphatic hydroxyl groups excluding tert-OH is 2. The highest BCUT2D eigenvalue weighted by molar-refractivity contribution is 6.30. The summed E-state index contributed by atoms with van der Waals surface area (Å²) in [7, 11) is 0. The van der Waals surface area contributed by atoms with E-state index < -0.39 is 6.04 Å². The van der Waals surface area contributed by atoms with Crippen molar-refractivity contribution in [1.29, 1.82) is 0 Å². The third-order valence-corrected chi connectivity index (χ3v) is 5.20. The fraction of sp³-hybridized carbons (Fsp3) is 0.250. The van der Waals surface area contributed by atoms with Gasteiger partial charge in [0.25, 0.3) is 5.91 Å². The summed E-state index contributed by atoms with van der Waals surface area (Å²) in [5.74, 6) is 0.396. The first kappa shape index (κ1) is 22.7. The van der Waals surface area contributed by atoms with Crippen LogP contribution in [-0.4, -0.2) is 40.4 Å². The van der Waals surface area contributed by atoms with Gasteiger partial charge in [-0.25, -0.2) is 4.98 Å². The van der Waals surface area contributed by atoms with Gasteiger partial charge in [0.05, 0.1) is 19.3 Å². The maximum absolute atomic E-state index is 12.7. The molecular formula is C24H26ClN3O3. The Hall–Kier alpha value is -2.93. The molecule has 0 radical (unpaired) electrons. The molecule has 0 saturated carbocycles. The molecule has 162 valence electrons. The van der Waals surface area contributed by atoms with Gasteiger partial charge >= 0.3 is 0 Å². The summed E-state index contributed by atoms with van der Waals surface area (Å²) in [6.07, 6.45) is 1.78. The van der Waals surface area contributed by atoms with Gasteiger partial charge in [0.2, 0.25) is 0 Å². The number of nitrogens with zero attached hydrogens (tertiary/aromatic N) is 1. The maximum atomic E-state index is 12.7. The molecule has 0 spiro atoms. The average molecular weight is 440 g/mol. The van der Waals surface area contributed by atoms with E-state index in [0.717, 1.165) is 22.3 Å². The van der Waals surface area contributed by atoms with Crippen LogP contribution in [0.25, 0.3) is 11.1 Å². The Morgan fingerprint density at radius 2 is 1.84 bits per heavy atom. The number of pyridine rings is 1. The zero-order chi connectivity index (χ0) is 22.4. The van der Waals surface area contributed by atoms with Gasteiger partial charge in [0.15, 0.2) is 0 Å². The Morgan fingerprint density at radius 3 is 2.48 bits per heavy atom. The monoisotopic (exact) mass is 439 g/mol. The fourth-order valence-corrected chi connectivity index (χ4v) is 3.41. The maximum Gasteiger partial charge on any atom is 0.251 e. The van der Waals surface area contributed by atoms with Crippen molar-refractivity contribution < 1.29 is 15.0 Å². The number of aliphatic hydroxyl groups is 2. The van der Waals surface area contributed by atoms with Crippen LogP contribution < -0.4 is 10.6 Å². The lowest BCUT2D eigenvalue weighted by molar-refractivity contribution is 0.0916. The number of rotatable bonds is 8. The Morgan fingerprint density at radius 1 is 1.10 bits per heavy atom. The van der Waals surface area contributed by atoms with E-state index in [0.29, 0.717) is 16.4 Å². The fourth-order valence-electron chi connectivity index (χ4n) is 3.21. The molecule has 0 aliphatic carbocycles. The van der Waals surface area contributed by atoms with Crippen LogP contribution in [0.3, 0.4) is 0 Å². The molecule has 0 saturated heterocycles. The first-order chi connectivity index (χ1) is 14.9. The van der Waals surface area contributed by atoms with E-state index in [1.807, 2.05) is 38.1 Å². The summed E-state index contributed by atoms with van der Waals surface area (Å²) in [5, 5.41) is 25.5. The molecule has 1 amide bonds. The van der Waals surface area contributed by atoms with E-state index in [4.69, 9.17) is 11.6 Å². The van der Waals surface area contributed by atoms with E-state index in [1.54, 1.807) is 36.5 Å². The normalized spacial score (nSPS) is 12.8. The van der Waals surface area contributed by atoms with E-state index in [1.165, 1.54) is 0 Å². The van der Waals surface area contributed by atoms with Gasteiger partial charge in [-0.2, -0.15) is 0 Å². The van der Waals surface area contributed by atoms with Crippen LogP contribution in [-0.2, 0) is 0 Å². The smallest absolute Gasteiger partial charge is 0.251 e. The lowest BCUT2D eigenvalue weighted by atomic mass is 10.0. The quantitative estimate of drug-likeness (QED) is 0.426. The first-order valence-corrected chi connectivity index (χ1v) is 10.4. The predicted octanol–water partition coefficient (Wildman–Crippen LogP) is 3.97. The van der Waals surface area contributed by atoms with Gasteiger partial charge in [-0.3, -0.25) is 4.79 Å². The lowest BCUT2D eigenvalue weighted by Crippen LogP contribution is -2.30. The molecule has 4 N–H and O–H groups in total. The van der Waals surface area contributed by atoms with E-state index in [-0.39, 0.29) is 25.2 Å². The van der Waals surface area contributed by atoms with Crippen LogP contribution in [0.15, 0.2) is 60.8 Å². The summed E-state index contributed by atoms with van der Waals surface area (Å²) in [6.45, 7) is 3.62. The molecule has 0 bridgehead atoms. The molecular weight excluding hydrogens is 414 g/mol. The highest BCUT2D eigenvalue weighted by atomic mass is 35.5. The van der Waals surface area contributed by atoms with Crippen molar-refractivity contribution in [1.82, 2.24) is 10.3 Å². The minimum Gasteiger partial charge on any atom is -0.394 e. The van der Waals surface area contributed by atoms with Gasteiger partial charge in [-0.05, 0) is 66.4 Å². The lowest BCUT2D eigenvalue weighted by Gasteiger charge is -2.17. The third kappa shape index (κ3) is 5.82. The van der Waals surface area contributed by atoms with Crippen LogP contribution in [0.5, 0.6) is 0 Å². The molecule has 0 aliphatic rings. The van der Waals surface area contributed by atoms with Crippen LogP contribution >= 0.6 is 11.6 Å². The number of carbonyl (C=O) groups excluding carboxylic acids is 1. The molecule has 1 heterocycles. The van der Waals surface area contributed by atoms with Crippen molar-refractivity contribution in [2.45, 2.75) is 25.9 Å². The largest absolute Gasteiger partial charge is 0.394 e. The van der Waals surface area contributed by atoms with E-state index in [2.05, 4.69) is 15.6 Å². The van der Waals surface area contributed by atoms with Gasteiger partial charge in [0, 0.05) is 22.8 Å². The van der Waals surface area contributed by atoms with Gasteiger partial charge < -0.3 is 20.8 Å². The number of halogens is 1. The summed E-state index contributed by atoms with van der Waals surface area (Å²) < 4.78 is 0. The number of hydrogen-bond donors (Lipinski definition) is 4. The summed E-state index contributed by atoms with van der Waals surface area (Å²) >= 11 is 6.02. The third-order valence-electron chi connectivity index (χ3n) is 4.97. The van der Waals surface area contributed by atoms with Crippen molar-refractivity contribution >= 4 is 23.3 Å². The van der Waals surface area contributed by atoms with Crippen LogP contribution in [0.4, 0.5) is 5.82 Å². The van der Waals surface area contributed by atoms with Crippen LogP contribution in [0.1, 0.15) is 34.5 Å². The molecule has 1 aromatic heterocycles. The molecule has 7 heteroatoms. The summed E-state index contributed by atoms with van der Waals surface area (Å²) in [6, 6.07) is 15.6. The Labute approximate surface area is 186 Å². The second-order valence-electron chi connectivity index (χ2n) is 7.45. The zero-order valence-corrected chi connectivity index (χ0v) is 18.2. The summed E-state index contributed by atoms with van der Waals surface area (Å²) in [4.78, 5) is 17.1. The van der Waals surface area contributed by atoms with Gasteiger partial charge in [-0.1, -0.05) is 35.9 Å². The number of hydrogen-bond acceptors (Lipinski definition) is 5. The molecule has 0 fully saturated rings. The molecule has 6 nitrogen and oxygen atoms in total. The molecule has 1 unspecified atom stereocenters. The van der Waals surface area contributed by atoms with Gasteiger partial charge in [-0.15, -0.1) is 0 Å². The Kier molecular flexibility index (Phi) is 7.63. The van der Waals surface area contributed by atoms with Crippen LogP contribution in [0.2, 0.25) is 5.02 Å². The molecule has 0 aliphatic heterocycles. The summed E-state index contributed by atoms with van der Waals surface area (Å²) in [5.41, 5.74) is 4.17. The average Bonchev–Trinajstić information content (AvgIpc) is 2.78. The number of benzene rings is 2. The minimum absolute atomic E-state index is 0.0126. The number of anilines is 1. The van der Waals surface area contributed by atoms with Crippen molar-refractivity contribution in [2.75, 3.05) is 18.5 Å². The van der Waals surface area contributed by atoms with Crippen molar-refractivity contribution in [3.8, 4) is 11.1 Å². The number of aromatic nitrogens is 1. The number of carbonyl (C=O) groups is 1. The molecule has 31 heavy (non-hydrogen) atoms. The SMILES string of the molecule is Cc1cnc(NC(C)CO)cc1-c1ccc(C(=O)N[C@H](CO)c2cccc(Cl)c2)cc1. The Bertz CT molecular complexity index is 1040. The number of aryl methyl sites for hydroxylation is 1. The zero-order valence-electron chi connectivity index (χ0n) is 17.5. The first-order valence-electron chi connectivity index (χ1n) is 10.0. The predicted molar refractivity (Wildman–Crippen MR) is 123 cm³/mol. The van der Waals surface area contributed by atoms with Crippen molar-refractivity contribution in [3.63, 3.8) is 0 Å². The van der Waals surface area contributed by atoms with Crippen molar-refractivity contribution in [2.24, 2.45) is 0 Å². The molecule has 2 atom stereocenters. The van der Waals surface area contributed by atoms with E-state index >= 15 is 0 Å². The molecule has 3 aromatic rings. The number of nitrogens with one attached hydrogen (secondary N) is 2. The van der Waals surface area contributed by atoms with E-state index in [9.17, 15) is 15.0 Å². The second kappa shape index (κ2) is 10.4. The standard InChI is InChI=1S/C24H26ClN3O3/c1-15-12-26-23(27-16(2)13-29)11-21(15)17-6-8-18(9-7-17)24(31)28-22(14-30)19-4-3-5-20(25)10-19/h3-12,16,22,29-30H,13-14H2,1-2H3,(H,26,27)(H,28,31)/t16?,22-/m1/s1. The highest BCUT2D eigenvalue weighted by Gasteiger charge is 2.16. The van der Waals surface area contributed by atoms with Crippen molar-refractivity contribution in [3.05, 3.63) is 82.5 Å². The molecule has 3 rings (SSSR count). The Balaban J connectivity index is 1.76. The topological polar surface area (TPSA) is 94.5 Å². The minimum atomic E-state index is -0.546. The van der Waals surface area contributed by atoms with Crippen LogP contribution in [0, 0.1) is 6.92 Å². The molecule has 2 aromatic carbocycles. The second-order valence-corrected chi connectivity index (χ2v) is 7.89. The van der Waals surface area contributed by atoms with Gasteiger partial charge in [0.1, 0.15) is 5.82 Å².